The molecule has 1 amide bonds. The van der Waals surface area contributed by atoms with Crippen LogP contribution in [0.2, 0.25) is 0 Å². The number of hydrogen-bond donors (Lipinski definition) is 2. The van der Waals surface area contributed by atoms with E-state index in [2.05, 4.69) is 21.6 Å². The number of benzene rings is 1. The Kier molecular flexibility index (Phi) is 5.07. The van der Waals surface area contributed by atoms with Crippen LogP contribution in [-0.2, 0) is 17.9 Å². The van der Waals surface area contributed by atoms with E-state index in [0.29, 0.717) is 17.9 Å². The second-order valence-corrected chi connectivity index (χ2v) is 6.42. The second-order valence-electron chi connectivity index (χ2n) is 6.42. The molecule has 0 bridgehead atoms. The zero-order valence-corrected chi connectivity index (χ0v) is 15.4. The Morgan fingerprint density at radius 1 is 1.15 bits per heavy atom. The molecule has 0 saturated carbocycles. The number of amides is 1. The van der Waals surface area contributed by atoms with Crippen molar-refractivity contribution >= 4 is 17.6 Å². The van der Waals surface area contributed by atoms with Crippen molar-refractivity contribution in [2.75, 3.05) is 5.32 Å². The Morgan fingerprint density at radius 3 is 2.63 bits per heavy atom. The van der Waals surface area contributed by atoms with Crippen LogP contribution in [0.1, 0.15) is 33.0 Å². The quantitative estimate of drug-likeness (QED) is 0.696. The van der Waals surface area contributed by atoms with Gasteiger partial charge in [-0.15, -0.1) is 0 Å². The number of nitrogens with one attached hydrogen (secondary N) is 1. The third-order valence-electron chi connectivity index (χ3n) is 4.29. The minimum atomic E-state index is -1.13. The molecule has 1 aromatic carbocycles. The van der Waals surface area contributed by atoms with Gasteiger partial charge in [0.2, 0.25) is 5.91 Å². The third kappa shape index (κ3) is 4.05. The summed E-state index contributed by atoms with van der Waals surface area (Å²) in [7, 11) is 0. The number of carboxylic acid groups (broad SMARTS) is 1. The minimum absolute atomic E-state index is 0.0336. The molecule has 0 fully saturated rings. The van der Waals surface area contributed by atoms with Gasteiger partial charge in [0.05, 0.1) is 23.6 Å². The summed E-state index contributed by atoms with van der Waals surface area (Å²) in [6.45, 7) is 6.17. The molecule has 0 radical (unpaired) electrons. The number of carbonyl (C=O) groups is 2. The molecule has 0 unspecified atom stereocenters. The fraction of sp³-hybridized carbons (Fsp3) is 0.263. The number of anilines is 1. The SMILES string of the molecule is Cc1cccc(Cn2nc(C)c(NC(=O)Cn3nccc3C(=O)O)c2C)c1. The van der Waals surface area contributed by atoms with Gasteiger partial charge in [0.25, 0.3) is 0 Å². The Morgan fingerprint density at radius 2 is 1.93 bits per heavy atom. The van der Waals surface area contributed by atoms with E-state index < -0.39 is 5.97 Å². The average Bonchev–Trinajstić information content (AvgIpc) is 3.15. The van der Waals surface area contributed by atoms with Gasteiger partial charge in [0.1, 0.15) is 12.2 Å². The van der Waals surface area contributed by atoms with E-state index in [-0.39, 0.29) is 18.1 Å². The molecule has 3 aromatic rings. The van der Waals surface area contributed by atoms with Crippen LogP contribution in [0.25, 0.3) is 0 Å². The third-order valence-corrected chi connectivity index (χ3v) is 4.29. The summed E-state index contributed by atoms with van der Waals surface area (Å²) in [5, 5.41) is 20.3. The van der Waals surface area contributed by atoms with Crippen molar-refractivity contribution in [3.8, 4) is 0 Å². The summed E-state index contributed by atoms with van der Waals surface area (Å²) < 4.78 is 3.00. The number of aryl methyl sites for hydroxylation is 2. The summed E-state index contributed by atoms with van der Waals surface area (Å²) in [5.74, 6) is -1.49. The van der Waals surface area contributed by atoms with Gasteiger partial charge in [-0.25, -0.2) is 9.48 Å². The van der Waals surface area contributed by atoms with Gasteiger partial charge in [-0.3, -0.25) is 9.48 Å². The van der Waals surface area contributed by atoms with Crippen molar-refractivity contribution in [1.29, 1.82) is 0 Å². The maximum Gasteiger partial charge on any atom is 0.354 e. The van der Waals surface area contributed by atoms with E-state index in [9.17, 15) is 9.59 Å². The molecule has 27 heavy (non-hydrogen) atoms. The molecule has 2 N–H and O–H groups in total. The van der Waals surface area contributed by atoms with Gasteiger partial charge in [0.15, 0.2) is 0 Å². The molecule has 3 rings (SSSR count). The van der Waals surface area contributed by atoms with Gasteiger partial charge in [-0.2, -0.15) is 10.2 Å². The summed E-state index contributed by atoms with van der Waals surface area (Å²) in [6.07, 6.45) is 1.35. The number of carbonyl (C=O) groups excluding carboxylic acids is 1. The van der Waals surface area contributed by atoms with Crippen LogP contribution in [0, 0.1) is 20.8 Å². The first-order valence-corrected chi connectivity index (χ1v) is 8.49. The van der Waals surface area contributed by atoms with E-state index in [0.717, 1.165) is 15.9 Å². The molecule has 2 aromatic heterocycles. The highest BCUT2D eigenvalue weighted by Crippen LogP contribution is 2.21. The molecule has 0 spiro atoms. The summed E-state index contributed by atoms with van der Waals surface area (Å²) in [6, 6.07) is 9.53. The topological polar surface area (TPSA) is 102 Å². The Balaban J connectivity index is 1.75. The summed E-state index contributed by atoms with van der Waals surface area (Å²) in [4.78, 5) is 23.5. The van der Waals surface area contributed by atoms with Crippen molar-refractivity contribution in [2.45, 2.75) is 33.9 Å². The Labute approximate surface area is 156 Å². The maximum absolute atomic E-state index is 12.4. The minimum Gasteiger partial charge on any atom is -0.477 e. The molecule has 0 atom stereocenters. The lowest BCUT2D eigenvalue weighted by Crippen LogP contribution is -2.22. The Bertz CT molecular complexity index is 1000. The van der Waals surface area contributed by atoms with E-state index in [4.69, 9.17) is 5.11 Å². The monoisotopic (exact) mass is 367 g/mol. The summed E-state index contributed by atoms with van der Waals surface area (Å²) >= 11 is 0. The van der Waals surface area contributed by atoms with Crippen LogP contribution in [0.4, 0.5) is 5.69 Å². The second kappa shape index (κ2) is 7.45. The zero-order valence-electron chi connectivity index (χ0n) is 15.4. The average molecular weight is 367 g/mol. The highest BCUT2D eigenvalue weighted by atomic mass is 16.4. The zero-order chi connectivity index (χ0) is 19.6. The number of aromatic carboxylic acids is 1. The number of hydrogen-bond acceptors (Lipinski definition) is 4. The highest BCUT2D eigenvalue weighted by Gasteiger charge is 2.17. The van der Waals surface area contributed by atoms with Gasteiger partial charge in [0, 0.05) is 6.20 Å². The molecule has 8 heteroatoms. The van der Waals surface area contributed by atoms with Crippen LogP contribution in [0.15, 0.2) is 36.5 Å². The van der Waals surface area contributed by atoms with Crippen molar-refractivity contribution < 1.29 is 14.7 Å². The Hall–Kier alpha value is -3.42. The fourth-order valence-corrected chi connectivity index (χ4v) is 2.97. The predicted octanol–water partition coefficient (Wildman–Crippen LogP) is 2.39. The standard InChI is InChI=1S/C19H21N5O3/c1-12-5-4-6-15(9-12)10-23-14(3)18(13(2)22-23)21-17(25)11-24-16(19(26)27)7-8-20-24/h4-9H,10-11H2,1-3H3,(H,21,25)(H,26,27). The first-order chi connectivity index (χ1) is 12.8. The number of aromatic nitrogens is 4. The predicted molar refractivity (Wildman–Crippen MR) is 99.8 cm³/mol. The molecule has 0 saturated heterocycles. The number of nitrogens with zero attached hydrogens (tertiary/aromatic N) is 4. The van der Waals surface area contributed by atoms with E-state index >= 15 is 0 Å². The van der Waals surface area contributed by atoms with Crippen molar-refractivity contribution in [3.05, 3.63) is 64.7 Å². The van der Waals surface area contributed by atoms with E-state index in [1.54, 1.807) is 0 Å². The molecule has 2 heterocycles. The van der Waals surface area contributed by atoms with Crippen LogP contribution in [0.3, 0.4) is 0 Å². The largest absolute Gasteiger partial charge is 0.477 e. The normalized spacial score (nSPS) is 10.8. The molecule has 140 valence electrons. The number of rotatable bonds is 6. The van der Waals surface area contributed by atoms with E-state index in [1.807, 2.05) is 43.7 Å². The lowest BCUT2D eigenvalue weighted by Gasteiger charge is -2.08. The smallest absolute Gasteiger partial charge is 0.354 e. The van der Waals surface area contributed by atoms with Crippen LogP contribution < -0.4 is 5.32 Å². The first-order valence-electron chi connectivity index (χ1n) is 8.49. The van der Waals surface area contributed by atoms with Crippen LogP contribution in [0.5, 0.6) is 0 Å². The van der Waals surface area contributed by atoms with Crippen LogP contribution >= 0.6 is 0 Å². The molecular weight excluding hydrogens is 346 g/mol. The van der Waals surface area contributed by atoms with Gasteiger partial charge in [-0.05, 0) is 32.4 Å². The lowest BCUT2D eigenvalue weighted by molar-refractivity contribution is -0.116. The van der Waals surface area contributed by atoms with Gasteiger partial charge in [-0.1, -0.05) is 29.8 Å². The molecule has 0 aliphatic heterocycles. The van der Waals surface area contributed by atoms with Crippen molar-refractivity contribution in [3.63, 3.8) is 0 Å². The highest BCUT2D eigenvalue weighted by molar-refractivity contribution is 5.92. The summed E-state index contributed by atoms with van der Waals surface area (Å²) in [5.41, 5.74) is 4.44. The molecule has 0 aliphatic rings. The number of carboxylic acids is 1. The first kappa shape index (κ1) is 18.4. The fourth-order valence-electron chi connectivity index (χ4n) is 2.97. The maximum atomic E-state index is 12.4. The molecule has 8 nitrogen and oxygen atoms in total. The van der Waals surface area contributed by atoms with E-state index in [1.165, 1.54) is 17.8 Å². The van der Waals surface area contributed by atoms with Gasteiger partial charge < -0.3 is 10.4 Å². The van der Waals surface area contributed by atoms with Crippen molar-refractivity contribution in [2.24, 2.45) is 0 Å². The van der Waals surface area contributed by atoms with Gasteiger partial charge >= 0.3 is 5.97 Å². The van der Waals surface area contributed by atoms with Crippen molar-refractivity contribution in [1.82, 2.24) is 19.6 Å². The van der Waals surface area contributed by atoms with Crippen LogP contribution in [-0.4, -0.2) is 36.5 Å². The molecular formula is C19H21N5O3. The molecule has 0 aliphatic carbocycles. The lowest BCUT2D eigenvalue weighted by atomic mass is 10.1.